The topological polar surface area (TPSA) is 90.3 Å². The van der Waals surface area contributed by atoms with E-state index < -0.39 is 0 Å². The largest absolute Gasteiger partial charge is 0.383 e. The third-order valence-corrected chi connectivity index (χ3v) is 7.15. The van der Waals surface area contributed by atoms with Gasteiger partial charge in [-0.15, -0.1) is 11.3 Å². The minimum absolute atomic E-state index is 0.0447. The van der Waals surface area contributed by atoms with Crippen LogP contribution in [0.25, 0.3) is 10.2 Å². The highest BCUT2D eigenvalue weighted by molar-refractivity contribution is 7.99. The van der Waals surface area contributed by atoms with Crippen molar-refractivity contribution in [2.75, 3.05) is 24.8 Å². The number of carbonyl (C=O) groups excluding carboxylic acids is 2. The quantitative estimate of drug-likeness (QED) is 0.266. The van der Waals surface area contributed by atoms with Gasteiger partial charge in [-0.3, -0.25) is 19.0 Å². The molecule has 2 heterocycles. The van der Waals surface area contributed by atoms with Crippen LogP contribution in [-0.2, 0) is 16.1 Å². The first-order chi connectivity index (χ1) is 15.3. The molecule has 0 aliphatic carbocycles. The Kier molecular flexibility index (Phi) is 8.22. The zero-order valence-corrected chi connectivity index (χ0v) is 20.3. The van der Waals surface area contributed by atoms with Crippen LogP contribution in [0.1, 0.15) is 40.6 Å². The van der Waals surface area contributed by atoms with E-state index in [1.165, 1.54) is 23.1 Å². The third kappa shape index (κ3) is 5.46. The lowest BCUT2D eigenvalue weighted by atomic mass is 10.1. The molecule has 9 heteroatoms. The maximum atomic E-state index is 13.1. The van der Waals surface area contributed by atoms with Crippen LogP contribution in [0.2, 0.25) is 0 Å². The second kappa shape index (κ2) is 10.9. The van der Waals surface area contributed by atoms with Gasteiger partial charge in [-0.25, -0.2) is 4.98 Å². The van der Waals surface area contributed by atoms with Gasteiger partial charge < -0.3 is 10.1 Å². The van der Waals surface area contributed by atoms with Crippen LogP contribution in [0.5, 0.6) is 0 Å². The molecule has 1 N–H and O–H groups in total. The Balaban J connectivity index is 1.78. The second-order valence-corrected chi connectivity index (χ2v) is 9.54. The molecule has 2 aromatic heterocycles. The minimum atomic E-state index is -0.101. The summed E-state index contributed by atoms with van der Waals surface area (Å²) in [5.41, 5.74) is 2.06. The molecule has 0 aliphatic heterocycles. The van der Waals surface area contributed by atoms with Gasteiger partial charge in [-0.05, 0) is 50.1 Å². The Bertz CT molecular complexity index is 1180. The van der Waals surface area contributed by atoms with Crippen LogP contribution in [-0.4, -0.2) is 40.7 Å². The summed E-state index contributed by atoms with van der Waals surface area (Å²) < 4.78 is 6.75. The van der Waals surface area contributed by atoms with Crippen LogP contribution in [0.3, 0.4) is 0 Å². The number of methoxy groups -OCH3 is 1. The first kappa shape index (κ1) is 24.2. The average Bonchev–Trinajstić information content (AvgIpc) is 3.05. The molecule has 170 valence electrons. The normalized spacial score (nSPS) is 11.1. The van der Waals surface area contributed by atoms with Crippen molar-refractivity contribution in [2.24, 2.45) is 0 Å². The van der Waals surface area contributed by atoms with Crippen molar-refractivity contribution in [3.8, 4) is 0 Å². The molecule has 3 rings (SSSR count). The molecular formula is C23H27N3O4S2. The summed E-state index contributed by atoms with van der Waals surface area (Å²) in [6.45, 7) is 6.60. The van der Waals surface area contributed by atoms with Crippen molar-refractivity contribution in [3.05, 3.63) is 50.6 Å². The number of nitrogens with one attached hydrogen (secondary N) is 1. The first-order valence-corrected chi connectivity index (χ1v) is 12.2. The summed E-state index contributed by atoms with van der Waals surface area (Å²) in [6, 6.07) is 6.85. The van der Waals surface area contributed by atoms with Gasteiger partial charge in [0, 0.05) is 29.7 Å². The van der Waals surface area contributed by atoms with Crippen LogP contribution < -0.4 is 10.9 Å². The highest BCUT2D eigenvalue weighted by Gasteiger charge is 2.18. The molecule has 1 amide bonds. The van der Waals surface area contributed by atoms with Crippen molar-refractivity contribution in [2.45, 2.75) is 45.3 Å². The molecule has 32 heavy (non-hydrogen) atoms. The predicted octanol–water partition coefficient (Wildman–Crippen LogP) is 4.43. The number of aryl methyl sites for hydroxylation is 2. The predicted molar refractivity (Wildman–Crippen MR) is 130 cm³/mol. The van der Waals surface area contributed by atoms with Crippen molar-refractivity contribution in [3.63, 3.8) is 0 Å². The van der Waals surface area contributed by atoms with E-state index in [2.05, 4.69) is 10.3 Å². The number of Topliss-reactive ketones (excluding diaryl/α,β-unsaturated/α-hetero) is 1. The Hall–Kier alpha value is -2.49. The molecule has 0 fully saturated rings. The van der Waals surface area contributed by atoms with Gasteiger partial charge in [0.1, 0.15) is 4.83 Å². The maximum Gasteiger partial charge on any atom is 0.263 e. The lowest BCUT2D eigenvalue weighted by Gasteiger charge is -2.11. The van der Waals surface area contributed by atoms with Crippen LogP contribution in [0.4, 0.5) is 5.69 Å². The van der Waals surface area contributed by atoms with E-state index in [4.69, 9.17) is 4.74 Å². The van der Waals surface area contributed by atoms with Crippen molar-refractivity contribution < 1.29 is 14.3 Å². The van der Waals surface area contributed by atoms with E-state index in [-0.39, 0.29) is 23.0 Å². The molecule has 0 spiro atoms. The molecule has 0 unspecified atom stereocenters. The number of rotatable bonds is 10. The number of thioether (sulfide) groups is 1. The number of hydrogen-bond donors (Lipinski definition) is 1. The van der Waals surface area contributed by atoms with Gasteiger partial charge >= 0.3 is 0 Å². The zero-order valence-electron chi connectivity index (χ0n) is 18.7. The molecule has 0 bridgehead atoms. The molecule has 0 aliphatic rings. The SMILES string of the molecule is CCCC(=O)Nc1ccc(C(=O)CSc2nc3sc(C)c(C)c3c(=O)n2CCOC)cc1. The molecule has 7 nitrogen and oxygen atoms in total. The summed E-state index contributed by atoms with van der Waals surface area (Å²) in [7, 11) is 1.58. The maximum absolute atomic E-state index is 13.1. The average molecular weight is 474 g/mol. The Morgan fingerprint density at radius 2 is 1.94 bits per heavy atom. The van der Waals surface area contributed by atoms with Crippen LogP contribution >= 0.6 is 23.1 Å². The summed E-state index contributed by atoms with van der Waals surface area (Å²) in [5, 5.41) is 3.96. The Labute approximate surface area is 195 Å². The van der Waals surface area contributed by atoms with E-state index in [0.29, 0.717) is 46.2 Å². The fourth-order valence-electron chi connectivity index (χ4n) is 3.20. The zero-order chi connectivity index (χ0) is 23.3. The standard InChI is InChI=1S/C23H27N3O4S2/c1-5-6-19(28)24-17-9-7-16(8-10-17)18(27)13-31-23-25-21-20(14(2)15(3)32-21)22(29)26(23)11-12-30-4/h7-10H,5-6,11-13H2,1-4H3,(H,24,28). The Morgan fingerprint density at radius 1 is 1.22 bits per heavy atom. The van der Waals surface area contributed by atoms with E-state index in [1.807, 2.05) is 20.8 Å². The molecule has 0 saturated heterocycles. The summed E-state index contributed by atoms with van der Waals surface area (Å²) in [4.78, 5) is 44.0. The van der Waals surface area contributed by atoms with E-state index in [0.717, 1.165) is 16.9 Å². The fourth-order valence-corrected chi connectivity index (χ4v) is 5.19. The van der Waals surface area contributed by atoms with E-state index in [1.54, 1.807) is 35.9 Å². The number of fused-ring (bicyclic) bond motifs is 1. The van der Waals surface area contributed by atoms with Gasteiger partial charge in [0.2, 0.25) is 5.91 Å². The van der Waals surface area contributed by atoms with Crippen molar-refractivity contribution >= 4 is 50.7 Å². The Morgan fingerprint density at radius 3 is 2.59 bits per heavy atom. The van der Waals surface area contributed by atoms with Crippen molar-refractivity contribution in [1.82, 2.24) is 9.55 Å². The monoisotopic (exact) mass is 473 g/mol. The number of anilines is 1. The van der Waals surface area contributed by atoms with Gasteiger partial charge in [-0.1, -0.05) is 18.7 Å². The van der Waals surface area contributed by atoms with Gasteiger partial charge in [0.15, 0.2) is 10.9 Å². The molecule has 1 aromatic carbocycles. The number of thiophene rings is 1. The lowest BCUT2D eigenvalue weighted by molar-refractivity contribution is -0.116. The number of carbonyl (C=O) groups is 2. The summed E-state index contributed by atoms with van der Waals surface area (Å²) >= 11 is 2.74. The highest BCUT2D eigenvalue weighted by Crippen LogP contribution is 2.28. The smallest absolute Gasteiger partial charge is 0.263 e. The molecule has 0 saturated carbocycles. The summed E-state index contributed by atoms with van der Waals surface area (Å²) in [5.74, 6) is 0.0276. The molecular weight excluding hydrogens is 446 g/mol. The van der Waals surface area contributed by atoms with E-state index in [9.17, 15) is 14.4 Å². The van der Waals surface area contributed by atoms with Gasteiger partial charge in [0.05, 0.1) is 24.3 Å². The minimum Gasteiger partial charge on any atom is -0.383 e. The van der Waals surface area contributed by atoms with Crippen molar-refractivity contribution in [1.29, 1.82) is 0 Å². The van der Waals surface area contributed by atoms with Gasteiger partial charge in [-0.2, -0.15) is 0 Å². The molecule has 0 radical (unpaired) electrons. The number of nitrogens with zero attached hydrogens (tertiary/aromatic N) is 2. The fraction of sp³-hybridized carbons (Fsp3) is 0.391. The lowest BCUT2D eigenvalue weighted by Crippen LogP contribution is -2.25. The van der Waals surface area contributed by atoms with Crippen LogP contribution in [0, 0.1) is 13.8 Å². The molecule has 3 aromatic rings. The number of hydrogen-bond acceptors (Lipinski definition) is 7. The number of amides is 1. The molecule has 0 atom stereocenters. The first-order valence-electron chi connectivity index (χ1n) is 10.4. The van der Waals surface area contributed by atoms with E-state index >= 15 is 0 Å². The number of benzene rings is 1. The number of ketones is 1. The van der Waals surface area contributed by atoms with Gasteiger partial charge in [0.25, 0.3) is 5.56 Å². The second-order valence-electron chi connectivity index (χ2n) is 7.39. The summed E-state index contributed by atoms with van der Waals surface area (Å²) in [6.07, 6.45) is 1.24. The van der Waals surface area contributed by atoms with Crippen LogP contribution in [0.15, 0.2) is 34.2 Å². The third-order valence-electron chi connectivity index (χ3n) is 5.07. The number of aromatic nitrogens is 2. The highest BCUT2D eigenvalue weighted by atomic mass is 32.2. The number of ether oxygens (including phenoxy) is 1.